The monoisotopic (exact) mass is 173 g/mol. The zero-order valence-electron chi connectivity index (χ0n) is 7.62. The Kier molecular flexibility index (Phi) is 2.07. The van der Waals surface area contributed by atoms with Gasteiger partial charge in [0, 0.05) is 29.6 Å². The van der Waals surface area contributed by atoms with E-state index in [-0.39, 0.29) is 6.04 Å². The van der Waals surface area contributed by atoms with Crippen LogP contribution in [0.15, 0.2) is 30.5 Å². The fraction of sp³-hybridized carbons (Fsp3) is 0.182. The van der Waals surface area contributed by atoms with Gasteiger partial charge in [0.15, 0.2) is 0 Å². The van der Waals surface area contributed by atoms with Gasteiger partial charge in [-0.15, -0.1) is 0 Å². The molecule has 13 heavy (non-hydrogen) atoms. The number of hydrogen-bond acceptors (Lipinski definition) is 1. The van der Waals surface area contributed by atoms with Crippen LogP contribution < -0.4 is 5.73 Å². The van der Waals surface area contributed by atoms with Crippen molar-refractivity contribution in [1.82, 2.24) is 4.98 Å². The summed E-state index contributed by atoms with van der Waals surface area (Å²) in [5.41, 5.74) is 8.05. The quantitative estimate of drug-likeness (QED) is 0.717. The molecule has 0 aliphatic carbocycles. The first-order chi connectivity index (χ1) is 6.27. The molecule has 1 aromatic carbocycles. The standard InChI is InChI=1S/C11H13N2/c1-8(12)6-9-7-13-11-5-3-2-4-10(9)11/h2-8,13H,12H2,1H3/t8-/m1/s1. The molecule has 2 rings (SSSR count). The van der Waals surface area contributed by atoms with Crippen LogP contribution in [0, 0.1) is 6.42 Å². The Balaban J connectivity index is 2.46. The second-order valence-corrected chi connectivity index (χ2v) is 3.32. The largest absolute Gasteiger partial charge is 0.361 e. The summed E-state index contributed by atoms with van der Waals surface area (Å²) in [5, 5.41) is 1.24. The van der Waals surface area contributed by atoms with Crippen molar-refractivity contribution in [3.05, 3.63) is 42.4 Å². The molecule has 1 aromatic heterocycles. The average Bonchev–Trinajstić information content (AvgIpc) is 2.48. The van der Waals surface area contributed by atoms with E-state index in [0.717, 1.165) is 5.52 Å². The third-order valence-corrected chi connectivity index (χ3v) is 2.06. The summed E-state index contributed by atoms with van der Waals surface area (Å²) in [5.74, 6) is 0. The third kappa shape index (κ3) is 1.58. The van der Waals surface area contributed by atoms with Crippen LogP contribution in [0.2, 0.25) is 0 Å². The summed E-state index contributed by atoms with van der Waals surface area (Å²) < 4.78 is 0. The highest BCUT2D eigenvalue weighted by Crippen LogP contribution is 2.19. The maximum absolute atomic E-state index is 5.71. The second-order valence-electron chi connectivity index (χ2n) is 3.32. The van der Waals surface area contributed by atoms with Crippen LogP contribution in [-0.4, -0.2) is 11.0 Å². The van der Waals surface area contributed by atoms with Crippen LogP contribution in [-0.2, 0) is 0 Å². The van der Waals surface area contributed by atoms with Crippen molar-refractivity contribution in [2.24, 2.45) is 5.73 Å². The molecule has 0 aliphatic rings. The van der Waals surface area contributed by atoms with E-state index in [1.807, 2.05) is 25.3 Å². The van der Waals surface area contributed by atoms with Gasteiger partial charge < -0.3 is 10.7 Å². The minimum atomic E-state index is 0.0965. The number of hydrogen-bond donors (Lipinski definition) is 2. The number of H-pyrrole nitrogens is 1. The van der Waals surface area contributed by atoms with Gasteiger partial charge in [0.05, 0.1) is 0 Å². The second kappa shape index (κ2) is 3.23. The first-order valence-electron chi connectivity index (χ1n) is 4.44. The van der Waals surface area contributed by atoms with Crippen LogP contribution in [0.4, 0.5) is 0 Å². The van der Waals surface area contributed by atoms with Crippen LogP contribution >= 0.6 is 0 Å². The number of para-hydroxylation sites is 1. The molecular weight excluding hydrogens is 160 g/mol. The van der Waals surface area contributed by atoms with Gasteiger partial charge in [0.2, 0.25) is 0 Å². The molecule has 0 unspecified atom stereocenters. The van der Waals surface area contributed by atoms with E-state index in [9.17, 15) is 0 Å². The Labute approximate surface area is 77.8 Å². The number of aromatic amines is 1. The molecule has 3 N–H and O–H groups in total. The molecule has 0 saturated carbocycles. The molecule has 0 aliphatic heterocycles. The summed E-state index contributed by atoms with van der Waals surface area (Å²) >= 11 is 0. The highest BCUT2D eigenvalue weighted by atomic mass is 14.7. The van der Waals surface area contributed by atoms with Gasteiger partial charge in [-0.3, -0.25) is 0 Å². The van der Waals surface area contributed by atoms with Gasteiger partial charge in [-0.05, 0) is 18.6 Å². The number of benzene rings is 1. The lowest BCUT2D eigenvalue weighted by Gasteiger charge is -2.01. The molecule has 1 heterocycles. The smallest absolute Gasteiger partial charge is 0.0456 e. The van der Waals surface area contributed by atoms with E-state index in [1.165, 1.54) is 10.9 Å². The number of fused-ring (bicyclic) bond motifs is 1. The van der Waals surface area contributed by atoms with E-state index >= 15 is 0 Å². The summed E-state index contributed by atoms with van der Waals surface area (Å²) in [7, 11) is 0. The van der Waals surface area contributed by atoms with Crippen LogP contribution in [0.25, 0.3) is 10.9 Å². The lowest BCUT2D eigenvalue weighted by atomic mass is 10.1. The predicted octanol–water partition coefficient (Wildman–Crippen LogP) is 2.07. The van der Waals surface area contributed by atoms with E-state index in [4.69, 9.17) is 5.73 Å². The van der Waals surface area contributed by atoms with Crippen molar-refractivity contribution in [3.8, 4) is 0 Å². The molecule has 1 atom stereocenters. The van der Waals surface area contributed by atoms with Crippen molar-refractivity contribution < 1.29 is 0 Å². The molecule has 2 heteroatoms. The molecular formula is C11H13N2. The van der Waals surface area contributed by atoms with Gasteiger partial charge in [0.1, 0.15) is 0 Å². The van der Waals surface area contributed by atoms with Crippen LogP contribution in [0.1, 0.15) is 12.5 Å². The summed E-state index contributed by atoms with van der Waals surface area (Å²) in [6, 6.07) is 8.32. The number of nitrogens with two attached hydrogens (primary N) is 1. The maximum atomic E-state index is 5.71. The third-order valence-electron chi connectivity index (χ3n) is 2.06. The molecule has 0 fully saturated rings. The number of aromatic nitrogens is 1. The molecule has 1 radical (unpaired) electrons. The van der Waals surface area contributed by atoms with Crippen molar-refractivity contribution in [2.45, 2.75) is 13.0 Å². The number of nitrogens with one attached hydrogen (secondary N) is 1. The molecule has 67 valence electrons. The van der Waals surface area contributed by atoms with Crippen LogP contribution in [0.3, 0.4) is 0 Å². The minimum Gasteiger partial charge on any atom is -0.361 e. The minimum absolute atomic E-state index is 0.0965. The first kappa shape index (κ1) is 8.32. The highest BCUT2D eigenvalue weighted by molar-refractivity contribution is 5.84. The van der Waals surface area contributed by atoms with Crippen molar-refractivity contribution in [1.29, 1.82) is 0 Å². The lowest BCUT2D eigenvalue weighted by Crippen LogP contribution is -2.15. The van der Waals surface area contributed by atoms with Crippen molar-refractivity contribution in [2.75, 3.05) is 0 Å². The zero-order valence-corrected chi connectivity index (χ0v) is 7.62. The molecule has 0 spiro atoms. The number of rotatable bonds is 2. The van der Waals surface area contributed by atoms with Crippen molar-refractivity contribution in [3.63, 3.8) is 0 Å². The Hall–Kier alpha value is -1.28. The van der Waals surface area contributed by atoms with Gasteiger partial charge >= 0.3 is 0 Å². The van der Waals surface area contributed by atoms with Crippen LogP contribution in [0.5, 0.6) is 0 Å². The molecule has 2 aromatic rings. The summed E-state index contributed by atoms with van der Waals surface area (Å²) in [6.45, 7) is 1.97. The van der Waals surface area contributed by atoms with E-state index < -0.39 is 0 Å². The zero-order chi connectivity index (χ0) is 9.26. The van der Waals surface area contributed by atoms with Gasteiger partial charge in [-0.1, -0.05) is 18.2 Å². The first-order valence-corrected chi connectivity index (χ1v) is 4.44. The molecule has 0 saturated heterocycles. The Morgan fingerprint density at radius 1 is 1.38 bits per heavy atom. The normalized spacial score (nSPS) is 13.4. The Bertz CT molecular complexity index is 401. The fourth-order valence-corrected chi connectivity index (χ4v) is 1.52. The molecule has 2 nitrogen and oxygen atoms in total. The highest BCUT2D eigenvalue weighted by Gasteiger charge is 2.04. The topological polar surface area (TPSA) is 41.8 Å². The lowest BCUT2D eigenvalue weighted by molar-refractivity contribution is 0.872. The Morgan fingerprint density at radius 3 is 2.92 bits per heavy atom. The fourth-order valence-electron chi connectivity index (χ4n) is 1.52. The average molecular weight is 173 g/mol. The van der Waals surface area contributed by atoms with Gasteiger partial charge in [-0.2, -0.15) is 0 Å². The Morgan fingerprint density at radius 2 is 2.15 bits per heavy atom. The van der Waals surface area contributed by atoms with E-state index in [2.05, 4.69) is 23.5 Å². The van der Waals surface area contributed by atoms with Gasteiger partial charge in [0.25, 0.3) is 0 Å². The maximum Gasteiger partial charge on any atom is 0.0456 e. The van der Waals surface area contributed by atoms with E-state index in [0.29, 0.717) is 0 Å². The molecule has 0 amide bonds. The van der Waals surface area contributed by atoms with Crippen molar-refractivity contribution >= 4 is 10.9 Å². The van der Waals surface area contributed by atoms with E-state index in [1.54, 1.807) is 0 Å². The molecule has 0 bridgehead atoms. The SMILES string of the molecule is C[C@@H](N)[CH]c1c[nH]c2ccccc12. The van der Waals surface area contributed by atoms with Gasteiger partial charge in [-0.25, -0.2) is 0 Å². The summed E-state index contributed by atoms with van der Waals surface area (Å²) in [6.07, 6.45) is 4.05. The summed E-state index contributed by atoms with van der Waals surface area (Å²) in [4.78, 5) is 3.21. The predicted molar refractivity (Wildman–Crippen MR) is 55.4 cm³/mol.